The van der Waals surface area contributed by atoms with Crippen molar-refractivity contribution >= 4 is 10.0 Å². The van der Waals surface area contributed by atoms with Crippen LogP contribution >= 0.6 is 0 Å². The highest BCUT2D eigenvalue weighted by atomic mass is 32.2. The molecule has 0 aromatic carbocycles. The first-order valence-corrected chi connectivity index (χ1v) is 7.65. The summed E-state index contributed by atoms with van der Waals surface area (Å²) in [5.41, 5.74) is 0. The second kappa shape index (κ2) is 4.14. The van der Waals surface area contributed by atoms with Crippen LogP contribution in [-0.2, 0) is 10.0 Å². The molecule has 0 unspecified atom stereocenters. The second-order valence-electron chi connectivity index (χ2n) is 5.06. The Morgan fingerprint density at radius 3 is 2.35 bits per heavy atom. The van der Waals surface area contributed by atoms with Crippen molar-refractivity contribution in [1.29, 1.82) is 0 Å². The van der Waals surface area contributed by atoms with E-state index in [0.717, 1.165) is 0 Å². The first kappa shape index (κ1) is 11.3. The second-order valence-corrected chi connectivity index (χ2v) is 6.93. The van der Waals surface area contributed by atoms with E-state index >= 15 is 0 Å². The molecule has 0 spiro atoms. The highest BCUT2D eigenvalue weighted by Gasteiger charge is 2.40. The third-order valence-electron chi connectivity index (χ3n) is 4.03. The van der Waals surface area contributed by atoms with Crippen molar-refractivity contribution in [1.82, 2.24) is 4.31 Å². The Hall–Kier alpha value is -0.810. The Bertz CT molecular complexity index is 466. The number of nitrogens with zero attached hydrogens (tertiary/aromatic N) is 1. The van der Waals surface area contributed by atoms with Crippen LogP contribution in [0.1, 0.15) is 25.7 Å². The maximum absolute atomic E-state index is 12.3. The van der Waals surface area contributed by atoms with Gasteiger partial charge in [-0.05, 0) is 36.8 Å². The minimum Gasteiger partial charge on any atom is -0.452 e. The SMILES string of the molecule is O=S(=O)(c1ccco1)N1C[C@H]2CCCC[C@H]2C1. The molecule has 0 radical (unpaired) electrons. The van der Waals surface area contributed by atoms with Gasteiger partial charge in [0.15, 0.2) is 0 Å². The number of rotatable bonds is 2. The molecule has 17 heavy (non-hydrogen) atoms. The minimum atomic E-state index is -3.39. The first-order chi connectivity index (χ1) is 8.18. The van der Waals surface area contributed by atoms with Gasteiger partial charge in [0.25, 0.3) is 10.0 Å². The van der Waals surface area contributed by atoms with E-state index in [1.54, 1.807) is 10.4 Å². The molecule has 1 aliphatic heterocycles. The molecule has 1 aromatic rings. The molecular weight excluding hydrogens is 238 g/mol. The molecule has 1 aliphatic carbocycles. The normalized spacial score (nSPS) is 30.4. The molecular formula is C12H17NO3S. The predicted octanol–water partition coefficient (Wildman–Crippen LogP) is 2.09. The molecule has 0 bridgehead atoms. The Balaban J connectivity index is 1.82. The van der Waals surface area contributed by atoms with E-state index in [9.17, 15) is 8.42 Å². The van der Waals surface area contributed by atoms with Crippen LogP contribution in [0.15, 0.2) is 27.9 Å². The third-order valence-corrected chi connectivity index (χ3v) is 5.75. The topological polar surface area (TPSA) is 50.5 Å². The molecule has 1 saturated heterocycles. The van der Waals surface area contributed by atoms with Crippen LogP contribution < -0.4 is 0 Å². The molecule has 2 aliphatic rings. The maximum Gasteiger partial charge on any atom is 0.276 e. The van der Waals surface area contributed by atoms with Crippen LogP contribution in [0.25, 0.3) is 0 Å². The van der Waals surface area contributed by atoms with Crippen molar-refractivity contribution in [2.24, 2.45) is 11.8 Å². The smallest absolute Gasteiger partial charge is 0.276 e. The summed E-state index contributed by atoms with van der Waals surface area (Å²) >= 11 is 0. The minimum absolute atomic E-state index is 0.0798. The van der Waals surface area contributed by atoms with Gasteiger partial charge in [0.2, 0.25) is 5.09 Å². The van der Waals surface area contributed by atoms with Gasteiger partial charge in [-0.25, -0.2) is 8.42 Å². The van der Waals surface area contributed by atoms with Crippen molar-refractivity contribution in [3.63, 3.8) is 0 Å². The van der Waals surface area contributed by atoms with Crippen LogP contribution in [0.2, 0.25) is 0 Å². The summed E-state index contributed by atoms with van der Waals surface area (Å²) in [5, 5.41) is 0.0798. The van der Waals surface area contributed by atoms with Crippen LogP contribution in [0, 0.1) is 11.8 Å². The number of hydrogen-bond donors (Lipinski definition) is 0. The van der Waals surface area contributed by atoms with Gasteiger partial charge in [0.1, 0.15) is 0 Å². The largest absolute Gasteiger partial charge is 0.452 e. The summed E-state index contributed by atoms with van der Waals surface area (Å²) in [7, 11) is -3.39. The zero-order valence-corrected chi connectivity index (χ0v) is 10.5. The summed E-state index contributed by atoms with van der Waals surface area (Å²) in [6.07, 6.45) is 6.26. The molecule has 2 fully saturated rings. The van der Waals surface area contributed by atoms with Gasteiger partial charge in [-0.1, -0.05) is 12.8 Å². The summed E-state index contributed by atoms with van der Waals surface area (Å²) in [6.45, 7) is 1.35. The average Bonchev–Trinajstić information content (AvgIpc) is 2.98. The molecule has 2 atom stereocenters. The molecule has 3 rings (SSSR count). The molecule has 2 heterocycles. The fourth-order valence-corrected chi connectivity index (χ4v) is 4.55. The molecule has 1 aromatic heterocycles. The summed E-state index contributed by atoms with van der Waals surface area (Å²) in [4.78, 5) is 0. The molecule has 94 valence electrons. The molecule has 0 N–H and O–H groups in total. The van der Waals surface area contributed by atoms with Gasteiger partial charge in [0, 0.05) is 13.1 Å². The van der Waals surface area contributed by atoms with E-state index in [1.807, 2.05) is 0 Å². The summed E-state index contributed by atoms with van der Waals surface area (Å²) < 4.78 is 31.2. The fourth-order valence-electron chi connectivity index (χ4n) is 3.10. The number of hydrogen-bond acceptors (Lipinski definition) is 3. The van der Waals surface area contributed by atoms with Crippen LogP contribution in [0.5, 0.6) is 0 Å². The molecule has 4 nitrogen and oxygen atoms in total. The van der Waals surface area contributed by atoms with E-state index in [4.69, 9.17) is 4.42 Å². The van der Waals surface area contributed by atoms with Gasteiger partial charge < -0.3 is 4.42 Å². The number of sulfonamides is 1. The lowest BCUT2D eigenvalue weighted by Crippen LogP contribution is -2.28. The van der Waals surface area contributed by atoms with Crippen molar-refractivity contribution in [2.45, 2.75) is 30.8 Å². The van der Waals surface area contributed by atoms with Crippen molar-refractivity contribution in [2.75, 3.05) is 13.1 Å². The van der Waals surface area contributed by atoms with Gasteiger partial charge in [0.05, 0.1) is 6.26 Å². The van der Waals surface area contributed by atoms with Gasteiger partial charge in [-0.3, -0.25) is 0 Å². The lowest BCUT2D eigenvalue weighted by atomic mass is 9.82. The highest BCUT2D eigenvalue weighted by Crippen LogP contribution is 2.38. The predicted molar refractivity (Wildman–Crippen MR) is 62.9 cm³/mol. The van der Waals surface area contributed by atoms with Crippen LogP contribution in [-0.4, -0.2) is 25.8 Å². The number of fused-ring (bicyclic) bond motifs is 1. The maximum atomic E-state index is 12.3. The van der Waals surface area contributed by atoms with Crippen LogP contribution in [0.3, 0.4) is 0 Å². The Morgan fingerprint density at radius 1 is 1.18 bits per heavy atom. The average molecular weight is 255 g/mol. The summed E-state index contributed by atoms with van der Waals surface area (Å²) in [6, 6.07) is 3.15. The molecule has 1 saturated carbocycles. The highest BCUT2D eigenvalue weighted by molar-refractivity contribution is 7.89. The van der Waals surface area contributed by atoms with Crippen molar-refractivity contribution in [3.8, 4) is 0 Å². The monoisotopic (exact) mass is 255 g/mol. The zero-order valence-electron chi connectivity index (χ0n) is 9.71. The van der Waals surface area contributed by atoms with E-state index in [-0.39, 0.29) is 5.09 Å². The Morgan fingerprint density at radius 2 is 1.82 bits per heavy atom. The number of furan rings is 1. The Labute approximate surface area is 102 Å². The lowest BCUT2D eigenvalue weighted by molar-refractivity contribution is 0.299. The lowest BCUT2D eigenvalue weighted by Gasteiger charge is -2.22. The molecule has 0 amide bonds. The standard InChI is InChI=1S/C12H17NO3S/c14-17(15,12-6-3-7-16-12)13-8-10-4-1-2-5-11(10)9-13/h3,6-7,10-11H,1-2,4-5,8-9H2/t10-,11+. The third kappa shape index (κ3) is 1.91. The van der Waals surface area contributed by atoms with Crippen molar-refractivity contribution in [3.05, 3.63) is 18.4 Å². The Kier molecular flexibility index (Phi) is 2.75. The van der Waals surface area contributed by atoms with Gasteiger partial charge >= 0.3 is 0 Å². The van der Waals surface area contributed by atoms with Gasteiger partial charge in [-0.15, -0.1) is 0 Å². The first-order valence-electron chi connectivity index (χ1n) is 6.21. The van der Waals surface area contributed by atoms with E-state index in [0.29, 0.717) is 24.9 Å². The van der Waals surface area contributed by atoms with E-state index in [1.165, 1.54) is 38.0 Å². The van der Waals surface area contributed by atoms with E-state index < -0.39 is 10.0 Å². The quantitative estimate of drug-likeness (QED) is 0.813. The van der Waals surface area contributed by atoms with Crippen molar-refractivity contribution < 1.29 is 12.8 Å². The fraction of sp³-hybridized carbons (Fsp3) is 0.667. The summed E-state index contributed by atoms with van der Waals surface area (Å²) in [5.74, 6) is 1.13. The zero-order chi connectivity index (χ0) is 11.9. The van der Waals surface area contributed by atoms with Gasteiger partial charge in [-0.2, -0.15) is 4.31 Å². The molecule has 5 heteroatoms. The van der Waals surface area contributed by atoms with Crippen LogP contribution in [0.4, 0.5) is 0 Å². The van der Waals surface area contributed by atoms with E-state index in [2.05, 4.69) is 0 Å².